The molecule has 0 aliphatic carbocycles. The molecule has 0 unspecified atom stereocenters. The minimum absolute atomic E-state index is 0.656. The Morgan fingerprint density at radius 1 is 0.316 bits per heavy atom. The van der Waals surface area contributed by atoms with Gasteiger partial charge in [-0.2, -0.15) is 0 Å². The Balaban J connectivity index is 0.993. The second-order valence-electron chi connectivity index (χ2n) is 14.4. The lowest BCUT2D eigenvalue weighted by Crippen LogP contribution is -1.99. The molecule has 12 rings (SSSR count). The van der Waals surface area contributed by atoms with E-state index in [1.54, 1.807) is 11.3 Å². The fourth-order valence-electron chi connectivity index (χ4n) is 8.18. The normalized spacial score (nSPS) is 11.9. The average Bonchev–Trinajstić information content (AvgIpc) is 3.97. The number of thiophene rings is 2. The largest absolute Gasteiger partial charge is 0.456 e. The average molecular weight is 764 g/mol. The van der Waals surface area contributed by atoms with Crippen molar-refractivity contribution in [3.05, 3.63) is 176 Å². The summed E-state index contributed by atoms with van der Waals surface area (Å²) in [4.78, 5) is 14.9. The number of nitrogens with zero attached hydrogens (tertiary/aromatic N) is 3. The first kappa shape index (κ1) is 32.3. The Morgan fingerprint density at radius 2 is 0.860 bits per heavy atom. The number of benzene rings is 8. The van der Waals surface area contributed by atoms with Crippen LogP contribution in [0.4, 0.5) is 0 Å². The van der Waals surface area contributed by atoms with E-state index in [4.69, 9.17) is 19.4 Å². The molecule has 4 aromatic heterocycles. The highest BCUT2D eigenvalue weighted by atomic mass is 32.1. The molecule has 0 aliphatic rings. The molecule has 0 spiro atoms. The molecule has 6 heteroatoms. The van der Waals surface area contributed by atoms with Crippen LogP contribution in [0.5, 0.6) is 0 Å². The molecule has 266 valence electrons. The van der Waals surface area contributed by atoms with Gasteiger partial charge in [-0.3, -0.25) is 0 Å². The van der Waals surface area contributed by atoms with Crippen molar-refractivity contribution in [2.24, 2.45) is 0 Å². The summed E-state index contributed by atoms with van der Waals surface area (Å²) >= 11 is 3.65. The quantitative estimate of drug-likeness (QED) is 0.175. The molecule has 4 nitrogen and oxygen atoms in total. The molecule has 0 aliphatic heterocycles. The van der Waals surface area contributed by atoms with Crippen molar-refractivity contribution in [2.45, 2.75) is 0 Å². The molecule has 0 radical (unpaired) electrons. The van der Waals surface area contributed by atoms with E-state index in [0.29, 0.717) is 17.5 Å². The van der Waals surface area contributed by atoms with Gasteiger partial charge >= 0.3 is 0 Å². The summed E-state index contributed by atoms with van der Waals surface area (Å²) in [7, 11) is 0. The Morgan fingerprint density at radius 3 is 1.60 bits per heavy atom. The lowest BCUT2D eigenvalue weighted by atomic mass is 9.93. The molecule has 12 aromatic rings. The van der Waals surface area contributed by atoms with Gasteiger partial charge in [0.15, 0.2) is 17.5 Å². The van der Waals surface area contributed by atoms with E-state index < -0.39 is 0 Å². The van der Waals surface area contributed by atoms with E-state index in [1.165, 1.54) is 51.5 Å². The molecule has 4 heterocycles. The fraction of sp³-hybridized carbons (Fsp3) is 0. The third kappa shape index (κ3) is 5.37. The Hall–Kier alpha value is -6.99. The van der Waals surface area contributed by atoms with Crippen LogP contribution in [0.15, 0.2) is 180 Å². The number of para-hydroxylation sites is 1. The summed E-state index contributed by atoms with van der Waals surface area (Å²) in [6.45, 7) is 0. The second-order valence-corrected chi connectivity index (χ2v) is 16.5. The number of hydrogen-bond acceptors (Lipinski definition) is 6. The predicted molar refractivity (Wildman–Crippen MR) is 240 cm³/mol. The van der Waals surface area contributed by atoms with Crippen molar-refractivity contribution in [1.29, 1.82) is 0 Å². The maximum Gasteiger partial charge on any atom is 0.164 e. The number of hydrogen-bond donors (Lipinski definition) is 0. The zero-order valence-electron chi connectivity index (χ0n) is 30.3. The van der Waals surface area contributed by atoms with E-state index in [-0.39, 0.29) is 0 Å². The van der Waals surface area contributed by atoms with Gasteiger partial charge in [0.2, 0.25) is 0 Å². The molecule has 0 N–H and O–H groups in total. The number of furan rings is 1. The van der Waals surface area contributed by atoms with Crippen LogP contribution >= 0.6 is 22.7 Å². The van der Waals surface area contributed by atoms with Crippen LogP contribution < -0.4 is 0 Å². The summed E-state index contributed by atoms with van der Waals surface area (Å²) in [5.74, 6) is 1.97. The van der Waals surface area contributed by atoms with Crippen molar-refractivity contribution in [1.82, 2.24) is 15.0 Å². The molecule has 0 atom stereocenters. The first-order valence-corrected chi connectivity index (χ1v) is 20.5. The van der Waals surface area contributed by atoms with Crippen molar-refractivity contribution >= 4 is 85.0 Å². The molecule has 0 saturated heterocycles. The van der Waals surface area contributed by atoms with Crippen LogP contribution in [0.3, 0.4) is 0 Å². The molecular formula is C51H29N3OS2. The summed E-state index contributed by atoms with van der Waals surface area (Å²) in [6.07, 6.45) is 0. The highest BCUT2D eigenvalue weighted by molar-refractivity contribution is 7.26. The lowest BCUT2D eigenvalue weighted by Gasteiger charge is -2.10. The third-order valence-corrected chi connectivity index (χ3v) is 13.2. The van der Waals surface area contributed by atoms with Gasteiger partial charge in [0.05, 0.1) is 0 Å². The predicted octanol–water partition coefficient (Wildman–Crippen LogP) is 14.8. The van der Waals surface area contributed by atoms with Gasteiger partial charge in [-0.05, 0) is 70.8 Å². The topological polar surface area (TPSA) is 51.8 Å². The maximum atomic E-state index is 6.57. The van der Waals surface area contributed by atoms with Crippen molar-refractivity contribution in [3.8, 4) is 56.4 Å². The van der Waals surface area contributed by atoms with Crippen LogP contribution in [0, 0.1) is 0 Å². The van der Waals surface area contributed by atoms with E-state index in [9.17, 15) is 0 Å². The van der Waals surface area contributed by atoms with Crippen molar-refractivity contribution in [3.63, 3.8) is 0 Å². The first-order chi connectivity index (χ1) is 28.2. The first-order valence-electron chi connectivity index (χ1n) is 18.9. The zero-order valence-corrected chi connectivity index (χ0v) is 31.9. The number of aromatic nitrogens is 3. The molecule has 8 aromatic carbocycles. The molecule has 0 saturated carbocycles. The Bertz CT molecular complexity index is 3470. The summed E-state index contributed by atoms with van der Waals surface area (Å²) < 4.78 is 11.6. The second kappa shape index (κ2) is 12.8. The molecule has 0 amide bonds. The summed E-state index contributed by atoms with van der Waals surface area (Å²) in [5, 5.41) is 7.31. The van der Waals surface area contributed by atoms with Gasteiger partial charge in [-0.1, -0.05) is 127 Å². The van der Waals surface area contributed by atoms with Crippen LogP contribution in [0.1, 0.15) is 0 Å². The van der Waals surface area contributed by atoms with Gasteiger partial charge in [-0.25, -0.2) is 15.0 Å². The minimum atomic E-state index is 0.656. The van der Waals surface area contributed by atoms with E-state index in [1.807, 2.05) is 78.1 Å². The van der Waals surface area contributed by atoms with Crippen molar-refractivity contribution in [2.75, 3.05) is 0 Å². The van der Waals surface area contributed by atoms with E-state index in [2.05, 4.69) is 109 Å². The Labute approximate surface area is 335 Å². The highest BCUT2D eigenvalue weighted by Crippen LogP contribution is 2.44. The van der Waals surface area contributed by atoms with Gasteiger partial charge < -0.3 is 4.42 Å². The van der Waals surface area contributed by atoms with Crippen molar-refractivity contribution < 1.29 is 4.42 Å². The number of fused-ring (bicyclic) bond motifs is 9. The number of rotatable bonds is 5. The zero-order chi connectivity index (χ0) is 37.5. The smallest absolute Gasteiger partial charge is 0.164 e. The molecule has 0 fully saturated rings. The fourth-order valence-corrected chi connectivity index (χ4v) is 10.4. The van der Waals surface area contributed by atoms with E-state index >= 15 is 0 Å². The molecular weight excluding hydrogens is 735 g/mol. The third-order valence-electron chi connectivity index (χ3n) is 10.9. The minimum Gasteiger partial charge on any atom is -0.456 e. The SMILES string of the molecule is c1ccc(-c2nc(-c3ccccc3)nc(-c3ccc4c(c3)sc3cc(-c5cc(-c6ccc7sc8ccccc8c7c6)c6c(c5)oc5ccccc56)ccc34)n2)cc1. The highest BCUT2D eigenvalue weighted by Gasteiger charge is 2.18. The molecule has 57 heavy (non-hydrogen) atoms. The summed E-state index contributed by atoms with van der Waals surface area (Å²) in [5.41, 5.74) is 9.29. The summed E-state index contributed by atoms with van der Waals surface area (Å²) in [6, 6.07) is 62.2. The standard InChI is InChI=1S/C51H29N3OS2/c1-3-11-30(12-4-1)49-52-50(31-13-5-2-6-14-31)54-51(53-49)34-20-23-38-37-22-19-32(28-46(37)57-47(38)29-34)35-26-40(48-39-16-7-9-17-42(39)55-43(48)27-35)33-21-24-45-41(25-33)36-15-8-10-18-44(36)56-45/h1-29H. The van der Waals surface area contributed by atoms with Crippen LogP contribution in [-0.4, -0.2) is 15.0 Å². The van der Waals surface area contributed by atoms with Crippen LogP contribution in [0.25, 0.3) is 119 Å². The Kier molecular flexibility index (Phi) is 7.24. The van der Waals surface area contributed by atoms with Gasteiger partial charge in [0, 0.05) is 67.8 Å². The monoisotopic (exact) mass is 763 g/mol. The van der Waals surface area contributed by atoms with Crippen LogP contribution in [-0.2, 0) is 0 Å². The van der Waals surface area contributed by atoms with Crippen LogP contribution in [0.2, 0.25) is 0 Å². The van der Waals surface area contributed by atoms with Gasteiger partial charge in [0.25, 0.3) is 0 Å². The van der Waals surface area contributed by atoms with E-state index in [0.717, 1.165) is 49.8 Å². The molecule has 0 bridgehead atoms. The maximum absolute atomic E-state index is 6.57. The lowest BCUT2D eigenvalue weighted by molar-refractivity contribution is 0.669. The van der Waals surface area contributed by atoms with Gasteiger partial charge in [-0.15, -0.1) is 22.7 Å². The van der Waals surface area contributed by atoms with Gasteiger partial charge in [0.1, 0.15) is 11.2 Å².